The van der Waals surface area contributed by atoms with E-state index in [1.54, 1.807) is 6.07 Å². The van der Waals surface area contributed by atoms with Crippen molar-refractivity contribution in [2.24, 2.45) is 0 Å². The highest BCUT2D eigenvalue weighted by Gasteiger charge is 2.24. The maximum absolute atomic E-state index is 14.2. The molecule has 0 spiro atoms. The fourth-order valence-corrected chi connectivity index (χ4v) is 2.33. The maximum Gasteiger partial charge on any atom is 0.371 e. The molecule has 0 unspecified atom stereocenters. The van der Waals surface area contributed by atoms with E-state index in [0.29, 0.717) is 4.73 Å². The molecule has 0 fully saturated rings. The lowest BCUT2D eigenvalue weighted by atomic mass is 10.1. The van der Waals surface area contributed by atoms with Crippen molar-refractivity contribution in [2.75, 3.05) is 0 Å². The van der Waals surface area contributed by atoms with Crippen molar-refractivity contribution in [1.82, 2.24) is 4.73 Å². The van der Waals surface area contributed by atoms with Crippen LogP contribution in [0.3, 0.4) is 0 Å². The van der Waals surface area contributed by atoms with Gasteiger partial charge in [0, 0.05) is 24.4 Å². The van der Waals surface area contributed by atoms with Crippen LogP contribution in [0, 0.1) is 17.1 Å². The normalized spacial score (nSPS) is 10.5. The van der Waals surface area contributed by atoms with Gasteiger partial charge in [0.1, 0.15) is 17.2 Å². The Morgan fingerprint density at radius 3 is 2.46 bits per heavy atom. The lowest BCUT2D eigenvalue weighted by molar-refractivity contribution is -0.132. The second kappa shape index (κ2) is 6.76. The molecule has 1 aromatic carbocycles. The Morgan fingerprint density at radius 2 is 1.89 bits per heavy atom. The monoisotopic (exact) mass is 388 g/mol. The van der Waals surface area contributed by atoms with Crippen LogP contribution in [0.15, 0.2) is 33.5 Å². The number of fused-ring (bicyclic) bond motifs is 1. The van der Waals surface area contributed by atoms with Gasteiger partial charge in [0.2, 0.25) is 11.8 Å². The summed E-state index contributed by atoms with van der Waals surface area (Å²) in [5.41, 5.74) is -2.92. The van der Waals surface area contributed by atoms with Crippen molar-refractivity contribution < 1.29 is 38.2 Å². The van der Waals surface area contributed by atoms with Crippen LogP contribution in [-0.2, 0) is 4.79 Å². The Morgan fingerprint density at radius 1 is 1.25 bits per heavy atom. The van der Waals surface area contributed by atoms with E-state index < -0.39 is 57.6 Å². The molecule has 0 aliphatic rings. The van der Waals surface area contributed by atoms with Crippen molar-refractivity contribution in [3.63, 3.8) is 0 Å². The second-order valence-corrected chi connectivity index (χ2v) is 5.36. The fraction of sp³-hybridized carbons (Fsp3) is 0.0588. The number of nitriles is 1. The maximum atomic E-state index is 14.2. The van der Waals surface area contributed by atoms with E-state index >= 15 is 0 Å². The molecule has 0 aliphatic heterocycles. The van der Waals surface area contributed by atoms with Crippen LogP contribution in [0.1, 0.15) is 22.8 Å². The van der Waals surface area contributed by atoms with Gasteiger partial charge < -0.3 is 24.2 Å². The summed E-state index contributed by atoms with van der Waals surface area (Å²) in [4.78, 5) is 40.1. The molecule has 11 heteroatoms. The van der Waals surface area contributed by atoms with Crippen molar-refractivity contribution in [3.05, 3.63) is 51.6 Å². The zero-order valence-electron chi connectivity index (χ0n) is 13.9. The third-order valence-electron chi connectivity index (χ3n) is 3.48. The average molecular weight is 388 g/mol. The third kappa shape index (κ3) is 3.10. The number of nitrogens with zero attached hydrogens (tertiary/aromatic N) is 2. The zero-order valence-corrected chi connectivity index (χ0v) is 13.9. The number of carbonyl (C=O) groups is 2. The molecule has 28 heavy (non-hydrogen) atoms. The van der Waals surface area contributed by atoms with Crippen LogP contribution in [0.5, 0.6) is 17.5 Å². The summed E-state index contributed by atoms with van der Waals surface area (Å²) in [5, 5.41) is 28.0. The first-order chi connectivity index (χ1) is 13.2. The molecule has 142 valence electrons. The summed E-state index contributed by atoms with van der Waals surface area (Å²) in [5.74, 6) is -5.31. The van der Waals surface area contributed by atoms with E-state index in [-0.39, 0.29) is 5.39 Å². The summed E-state index contributed by atoms with van der Waals surface area (Å²) >= 11 is 0. The van der Waals surface area contributed by atoms with Gasteiger partial charge in [-0.25, -0.2) is 14.0 Å². The minimum Gasteiger partial charge on any atom is -0.492 e. The molecule has 3 aromatic rings. The van der Waals surface area contributed by atoms with Crippen LogP contribution in [0.2, 0.25) is 0 Å². The fourth-order valence-electron chi connectivity index (χ4n) is 2.33. The number of esters is 1. The minimum absolute atomic E-state index is 0.169. The predicted octanol–water partition coefficient (Wildman–Crippen LogP) is 1.21. The van der Waals surface area contributed by atoms with Gasteiger partial charge in [-0.05, 0) is 12.1 Å². The molecular formula is C17H9FN2O8. The Balaban J connectivity index is 2.13. The Kier molecular flexibility index (Phi) is 4.46. The highest BCUT2D eigenvalue weighted by molar-refractivity contribution is 5.95. The molecule has 0 amide bonds. The van der Waals surface area contributed by atoms with Gasteiger partial charge in [-0.3, -0.25) is 4.79 Å². The van der Waals surface area contributed by atoms with E-state index in [2.05, 4.69) is 9.57 Å². The average Bonchev–Trinajstić information content (AvgIpc) is 2.94. The topological polar surface area (TPSA) is 152 Å². The first-order valence-electron chi connectivity index (χ1n) is 7.44. The number of aromatic nitrogens is 1. The zero-order chi connectivity index (χ0) is 20.6. The van der Waals surface area contributed by atoms with E-state index in [9.17, 15) is 34.2 Å². The standard InChI is InChI=1S/C17H9FN2O8/c1-7(21)26-15-10(6-19)14-8(5-11(15)18)4-9(16(24)27-14)17(25)28-20-12(22)2-3-13(20)23/h2-5,22-23H,1H3. The van der Waals surface area contributed by atoms with Crippen molar-refractivity contribution in [3.8, 4) is 23.6 Å². The molecule has 2 heterocycles. The molecule has 0 aliphatic carbocycles. The minimum atomic E-state index is -1.33. The molecule has 0 saturated heterocycles. The number of benzene rings is 1. The molecule has 2 N–H and O–H groups in total. The molecule has 2 aromatic heterocycles. The number of hydrogen-bond acceptors (Lipinski definition) is 9. The summed E-state index contributed by atoms with van der Waals surface area (Å²) in [7, 11) is 0. The van der Waals surface area contributed by atoms with Crippen molar-refractivity contribution >= 4 is 22.9 Å². The third-order valence-corrected chi connectivity index (χ3v) is 3.48. The molecule has 0 radical (unpaired) electrons. The van der Waals surface area contributed by atoms with Crippen molar-refractivity contribution in [2.45, 2.75) is 6.92 Å². The largest absolute Gasteiger partial charge is 0.492 e. The molecule has 0 atom stereocenters. The van der Waals surface area contributed by atoms with Gasteiger partial charge in [-0.15, -0.1) is 4.73 Å². The SMILES string of the molecule is CC(=O)Oc1c(F)cc2cc(C(=O)On3c(O)ccc3O)c(=O)oc2c1C#N. The Labute approximate surface area is 154 Å². The highest BCUT2D eigenvalue weighted by atomic mass is 19.1. The molecule has 0 saturated carbocycles. The molecule has 0 bridgehead atoms. The van der Waals surface area contributed by atoms with Crippen LogP contribution < -0.4 is 15.2 Å². The molecule has 10 nitrogen and oxygen atoms in total. The van der Waals surface area contributed by atoms with Crippen LogP contribution in [0.25, 0.3) is 11.0 Å². The number of halogens is 1. The second-order valence-electron chi connectivity index (χ2n) is 5.36. The Bertz CT molecular complexity index is 1220. The van der Waals surface area contributed by atoms with Crippen molar-refractivity contribution in [1.29, 1.82) is 5.26 Å². The predicted molar refractivity (Wildman–Crippen MR) is 87.1 cm³/mol. The summed E-state index contributed by atoms with van der Waals surface area (Å²) in [6.45, 7) is 0.992. The smallest absolute Gasteiger partial charge is 0.371 e. The first-order valence-corrected chi connectivity index (χ1v) is 7.44. The quantitative estimate of drug-likeness (QED) is 0.383. The van der Waals surface area contributed by atoms with Crippen LogP contribution in [-0.4, -0.2) is 26.9 Å². The number of ether oxygens (including phenoxy) is 1. The number of aromatic hydroxyl groups is 2. The summed E-state index contributed by atoms with van der Waals surface area (Å²) < 4.78 is 24.1. The summed E-state index contributed by atoms with van der Waals surface area (Å²) in [6, 6.07) is 5.31. The van der Waals surface area contributed by atoms with Gasteiger partial charge in [-0.1, -0.05) is 0 Å². The van der Waals surface area contributed by atoms with E-state index in [1.807, 2.05) is 0 Å². The van der Waals surface area contributed by atoms with Gasteiger partial charge in [-0.2, -0.15) is 5.26 Å². The van der Waals surface area contributed by atoms with E-state index in [0.717, 1.165) is 31.2 Å². The molecule has 3 rings (SSSR count). The molecular weight excluding hydrogens is 379 g/mol. The number of hydrogen-bond donors (Lipinski definition) is 2. The van der Waals surface area contributed by atoms with Crippen LogP contribution in [0.4, 0.5) is 4.39 Å². The highest BCUT2D eigenvalue weighted by Crippen LogP contribution is 2.31. The van der Waals surface area contributed by atoms with E-state index in [4.69, 9.17) is 4.42 Å². The van der Waals surface area contributed by atoms with Gasteiger partial charge in [0.05, 0.1) is 0 Å². The first kappa shape index (κ1) is 18.5. The summed E-state index contributed by atoms with van der Waals surface area (Å²) in [6.07, 6.45) is 0. The Hall–Kier alpha value is -4.33. The van der Waals surface area contributed by atoms with E-state index in [1.165, 1.54) is 0 Å². The lowest BCUT2D eigenvalue weighted by Crippen LogP contribution is -2.24. The number of rotatable bonds is 3. The number of carbonyl (C=O) groups excluding carboxylic acids is 2. The van der Waals surface area contributed by atoms with Gasteiger partial charge in [0.25, 0.3) is 0 Å². The van der Waals surface area contributed by atoms with Crippen LogP contribution >= 0.6 is 0 Å². The van der Waals surface area contributed by atoms with Gasteiger partial charge in [0.15, 0.2) is 17.1 Å². The lowest BCUT2D eigenvalue weighted by Gasteiger charge is -2.09. The van der Waals surface area contributed by atoms with Gasteiger partial charge >= 0.3 is 17.6 Å².